The first kappa shape index (κ1) is 18.8. The highest BCUT2D eigenvalue weighted by Crippen LogP contribution is 2.11. The number of carbonyl (C=O) groups is 1. The van der Waals surface area contributed by atoms with Gasteiger partial charge in [-0.2, -0.15) is 0 Å². The van der Waals surface area contributed by atoms with E-state index in [1.54, 1.807) is 30.3 Å². The van der Waals surface area contributed by atoms with Crippen molar-refractivity contribution in [3.05, 3.63) is 66.2 Å². The van der Waals surface area contributed by atoms with E-state index in [4.69, 9.17) is 4.74 Å². The van der Waals surface area contributed by atoms with Crippen LogP contribution in [-0.2, 0) is 25.8 Å². The molecule has 1 atom stereocenters. The van der Waals surface area contributed by atoms with Crippen molar-refractivity contribution in [1.82, 2.24) is 0 Å². The molecular weight excluding hydrogens is 336 g/mol. The van der Waals surface area contributed by atoms with Gasteiger partial charge < -0.3 is 4.74 Å². The van der Waals surface area contributed by atoms with Gasteiger partial charge in [-0.25, -0.2) is 8.42 Å². The second-order valence-electron chi connectivity index (χ2n) is 5.55. The molecule has 2 rings (SSSR count). The van der Waals surface area contributed by atoms with E-state index in [0.29, 0.717) is 12.8 Å². The molecule has 25 heavy (non-hydrogen) atoms. The number of benzene rings is 2. The van der Waals surface area contributed by atoms with Gasteiger partial charge in [-0.3, -0.25) is 4.79 Å². The van der Waals surface area contributed by atoms with Crippen LogP contribution in [-0.4, -0.2) is 26.2 Å². The first-order valence-corrected chi connectivity index (χ1v) is 9.57. The summed E-state index contributed by atoms with van der Waals surface area (Å²) in [5.41, 5.74) is 1.03. The van der Waals surface area contributed by atoms with Gasteiger partial charge in [0.15, 0.2) is 9.84 Å². The first-order chi connectivity index (χ1) is 12.0. The number of hydrogen-bond donors (Lipinski definition) is 0. The molecule has 0 aromatic heterocycles. The summed E-state index contributed by atoms with van der Waals surface area (Å²) in [6.45, 7) is 1.35. The van der Waals surface area contributed by atoms with Crippen LogP contribution in [0, 0.1) is 11.8 Å². The van der Waals surface area contributed by atoms with Crippen LogP contribution in [0.1, 0.15) is 18.9 Å². The summed E-state index contributed by atoms with van der Waals surface area (Å²) in [6, 6.07) is 17.9. The van der Waals surface area contributed by atoms with Gasteiger partial charge in [0.1, 0.15) is 11.9 Å². The normalized spacial score (nSPS) is 11.9. The van der Waals surface area contributed by atoms with Crippen molar-refractivity contribution in [2.45, 2.75) is 30.8 Å². The highest BCUT2D eigenvalue weighted by molar-refractivity contribution is 7.91. The van der Waals surface area contributed by atoms with Crippen LogP contribution in [0.25, 0.3) is 0 Å². The average Bonchev–Trinajstić information content (AvgIpc) is 2.60. The van der Waals surface area contributed by atoms with Crippen LogP contribution < -0.4 is 0 Å². The Labute approximate surface area is 148 Å². The molecule has 0 amide bonds. The number of esters is 1. The van der Waals surface area contributed by atoms with E-state index >= 15 is 0 Å². The Morgan fingerprint density at radius 2 is 1.60 bits per heavy atom. The molecule has 2 aromatic carbocycles. The summed E-state index contributed by atoms with van der Waals surface area (Å²) in [5.74, 6) is 4.88. The molecule has 2 aromatic rings. The molecule has 0 bridgehead atoms. The van der Waals surface area contributed by atoms with E-state index in [9.17, 15) is 13.2 Å². The summed E-state index contributed by atoms with van der Waals surface area (Å²) < 4.78 is 29.6. The molecule has 1 unspecified atom stereocenters. The third-order valence-corrected chi connectivity index (χ3v) is 4.97. The number of hydrogen-bond acceptors (Lipinski definition) is 4. The van der Waals surface area contributed by atoms with Gasteiger partial charge in [-0.15, -0.1) is 0 Å². The Morgan fingerprint density at radius 3 is 2.20 bits per heavy atom. The summed E-state index contributed by atoms with van der Waals surface area (Å²) >= 11 is 0. The molecule has 0 saturated carbocycles. The standard InChI is InChI=1S/C20H20O4S/c1-17(21)24-19(16-18-10-4-2-5-11-18)12-8-9-15-25(22,23)20-13-6-3-7-14-20/h2-7,10-11,13-14,19H,12,15-16H2,1H3. The van der Waals surface area contributed by atoms with Crippen LogP contribution in [0.5, 0.6) is 0 Å². The second kappa shape index (κ2) is 9.05. The van der Waals surface area contributed by atoms with Crippen LogP contribution >= 0.6 is 0 Å². The van der Waals surface area contributed by atoms with Gasteiger partial charge in [0.05, 0.1) is 4.90 Å². The number of rotatable bonds is 6. The lowest BCUT2D eigenvalue weighted by Gasteiger charge is -2.14. The third kappa shape index (κ3) is 6.44. The minimum absolute atomic E-state index is 0.255. The highest BCUT2D eigenvalue weighted by Gasteiger charge is 2.13. The molecule has 0 radical (unpaired) electrons. The molecule has 0 fully saturated rings. The largest absolute Gasteiger partial charge is 0.461 e. The predicted molar refractivity (Wildman–Crippen MR) is 96.6 cm³/mol. The lowest BCUT2D eigenvalue weighted by molar-refractivity contribution is -0.145. The molecule has 0 N–H and O–H groups in total. The van der Waals surface area contributed by atoms with Crippen molar-refractivity contribution in [3.63, 3.8) is 0 Å². The van der Waals surface area contributed by atoms with Gasteiger partial charge in [0.25, 0.3) is 0 Å². The lowest BCUT2D eigenvalue weighted by atomic mass is 10.1. The molecule has 0 aliphatic rings. The van der Waals surface area contributed by atoms with E-state index in [0.717, 1.165) is 5.56 Å². The predicted octanol–water partition coefficient (Wildman–Crippen LogP) is 3.03. The Balaban J connectivity index is 1.99. The van der Waals surface area contributed by atoms with Crippen molar-refractivity contribution in [3.8, 4) is 11.8 Å². The van der Waals surface area contributed by atoms with E-state index in [2.05, 4.69) is 11.8 Å². The van der Waals surface area contributed by atoms with E-state index in [1.165, 1.54) is 6.92 Å². The van der Waals surface area contributed by atoms with E-state index < -0.39 is 15.9 Å². The summed E-state index contributed by atoms with van der Waals surface area (Å²) in [5, 5.41) is 0. The van der Waals surface area contributed by atoms with E-state index in [1.807, 2.05) is 30.3 Å². The molecule has 0 heterocycles. The van der Waals surface area contributed by atoms with Gasteiger partial charge in [-0.05, 0) is 17.7 Å². The van der Waals surface area contributed by atoms with Crippen LogP contribution in [0.4, 0.5) is 0 Å². The Morgan fingerprint density at radius 1 is 1.00 bits per heavy atom. The average molecular weight is 356 g/mol. The number of sulfone groups is 1. The van der Waals surface area contributed by atoms with Gasteiger partial charge >= 0.3 is 5.97 Å². The molecule has 0 aliphatic heterocycles. The first-order valence-electron chi connectivity index (χ1n) is 7.92. The fraction of sp³-hybridized carbons (Fsp3) is 0.250. The maximum Gasteiger partial charge on any atom is 0.302 e. The van der Waals surface area contributed by atoms with Crippen LogP contribution in [0.3, 0.4) is 0 Å². The zero-order chi connectivity index (χ0) is 18.1. The lowest BCUT2D eigenvalue weighted by Crippen LogP contribution is -2.18. The molecular formula is C20H20O4S. The number of carbonyl (C=O) groups excluding carboxylic acids is 1. The van der Waals surface area contributed by atoms with Gasteiger partial charge in [-0.1, -0.05) is 60.4 Å². The van der Waals surface area contributed by atoms with Crippen LogP contribution in [0.2, 0.25) is 0 Å². The SMILES string of the molecule is CC(=O)OC(CC#CCS(=O)(=O)c1ccccc1)Cc1ccccc1. The van der Waals surface area contributed by atoms with Crippen molar-refractivity contribution in [1.29, 1.82) is 0 Å². The third-order valence-electron chi connectivity index (χ3n) is 3.46. The molecule has 0 spiro atoms. The maximum absolute atomic E-state index is 12.2. The Bertz CT molecular complexity index is 847. The topological polar surface area (TPSA) is 60.4 Å². The fourth-order valence-electron chi connectivity index (χ4n) is 2.31. The molecule has 4 nitrogen and oxygen atoms in total. The molecule has 5 heteroatoms. The summed E-state index contributed by atoms with van der Waals surface area (Å²) in [6.07, 6.45) is 0.436. The number of ether oxygens (including phenoxy) is 1. The summed E-state index contributed by atoms with van der Waals surface area (Å²) in [4.78, 5) is 11.5. The smallest absolute Gasteiger partial charge is 0.302 e. The zero-order valence-corrected chi connectivity index (χ0v) is 14.8. The second-order valence-corrected chi connectivity index (χ2v) is 7.54. The van der Waals surface area contributed by atoms with Gasteiger partial charge in [0, 0.05) is 19.8 Å². The van der Waals surface area contributed by atoms with Crippen LogP contribution in [0.15, 0.2) is 65.6 Å². The maximum atomic E-state index is 12.2. The molecule has 0 aliphatic carbocycles. The highest BCUT2D eigenvalue weighted by atomic mass is 32.2. The van der Waals surface area contributed by atoms with Gasteiger partial charge in [0.2, 0.25) is 0 Å². The molecule has 0 saturated heterocycles. The van der Waals surface area contributed by atoms with E-state index in [-0.39, 0.29) is 16.6 Å². The Hall–Kier alpha value is -2.58. The van der Waals surface area contributed by atoms with Crippen molar-refractivity contribution in [2.24, 2.45) is 0 Å². The van der Waals surface area contributed by atoms with Crippen molar-refractivity contribution >= 4 is 15.8 Å². The zero-order valence-electron chi connectivity index (χ0n) is 14.0. The monoisotopic (exact) mass is 356 g/mol. The molecule has 130 valence electrons. The van der Waals surface area contributed by atoms with Crippen molar-refractivity contribution in [2.75, 3.05) is 5.75 Å². The fourth-order valence-corrected chi connectivity index (χ4v) is 3.34. The quantitative estimate of drug-likeness (QED) is 0.590. The van der Waals surface area contributed by atoms with Crippen molar-refractivity contribution < 1.29 is 17.9 Å². The summed E-state index contributed by atoms with van der Waals surface area (Å²) in [7, 11) is -3.42. The minimum Gasteiger partial charge on any atom is -0.461 e. The minimum atomic E-state index is -3.42. The Kier molecular flexibility index (Phi) is 6.79.